The van der Waals surface area contributed by atoms with E-state index in [-0.39, 0.29) is 23.9 Å². The summed E-state index contributed by atoms with van der Waals surface area (Å²) in [5.74, 6) is -0.208. The number of halogens is 3. The largest absolute Gasteiger partial charge is 0.508 e. The van der Waals surface area contributed by atoms with Crippen molar-refractivity contribution in [3.63, 3.8) is 0 Å². The van der Waals surface area contributed by atoms with E-state index in [9.17, 15) is 33.6 Å². The molecule has 0 saturated carbocycles. The van der Waals surface area contributed by atoms with Gasteiger partial charge in [-0.05, 0) is 24.1 Å². The van der Waals surface area contributed by atoms with E-state index in [0.29, 0.717) is 6.42 Å². The summed E-state index contributed by atoms with van der Waals surface area (Å²) >= 11 is 0. The molecule has 1 aliphatic rings. The van der Waals surface area contributed by atoms with E-state index in [1.807, 2.05) is 0 Å². The van der Waals surface area contributed by atoms with Gasteiger partial charge in [0, 0.05) is 6.54 Å². The molecule has 3 aromatic rings. The molecule has 1 unspecified atom stereocenters. The molecule has 5 N–H and O–H groups in total. The first-order valence-electron chi connectivity index (χ1n) is 9.65. The number of aliphatic hydroxyl groups is 3. The number of aromatic nitrogens is 4. The smallest absolute Gasteiger partial charge is 0.435 e. The zero-order valence-corrected chi connectivity index (χ0v) is 16.4. The van der Waals surface area contributed by atoms with Gasteiger partial charge in [-0.2, -0.15) is 18.2 Å². The predicted molar refractivity (Wildman–Crippen MR) is 104 cm³/mol. The fourth-order valence-electron chi connectivity index (χ4n) is 3.47. The van der Waals surface area contributed by atoms with Gasteiger partial charge < -0.3 is 30.5 Å². The molecule has 0 radical (unpaired) electrons. The van der Waals surface area contributed by atoms with Crippen molar-refractivity contribution in [3.8, 4) is 5.75 Å². The predicted octanol–water partition coefficient (Wildman–Crippen LogP) is 0.817. The number of anilines is 1. The molecule has 32 heavy (non-hydrogen) atoms. The Morgan fingerprint density at radius 2 is 1.81 bits per heavy atom. The van der Waals surface area contributed by atoms with Gasteiger partial charge in [-0.25, -0.2) is 9.97 Å². The van der Waals surface area contributed by atoms with E-state index in [0.717, 1.165) is 16.5 Å². The molecule has 1 saturated heterocycles. The van der Waals surface area contributed by atoms with E-state index in [1.165, 1.54) is 12.1 Å². The molecule has 4 atom stereocenters. The minimum absolute atomic E-state index is 0.100. The minimum Gasteiger partial charge on any atom is -0.508 e. The van der Waals surface area contributed by atoms with Crippen molar-refractivity contribution in [1.82, 2.24) is 19.5 Å². The molecule has 4 rings (SSSR count). The average Bonchev–Trinajstić information content (AvgIpc) is 3.29. The molecular weight excluding hydrogens is 435 g/mol. The third-order valence-corrected chi connectivity index (χ3v) is 5.11. The standard InChI is InChI=1S/C19H20F3N5O5/c20-19(21,22)15-12-16(27(8-24-12)17-14(31)13(30)11(7-28)32-17)26-18(25-15)23-6-5-9-1-3-10(29)4-2-9/h1-4,8,11,13-14,17,28-31H,5-7H2,(H,23,25,26)/t11-,13-,14-,17?/m1/s1. The van der Waals surface area contributed by atoms with Crippen LogP contribution >= 0.6 is 0 Å². The normalized spacial score (nSPS) is 23.7. The third kappa shape index (κ3) is 4.19. The Bertz CT molecular complexity index is 1090. The molecule has 0 aliphatic carbocycles. The Hall–Kier alpha value is -3.00. The van der Waals surface area contributed by atoms with Crippen molar-refractivity contribution in [3.05, 3.63) is 41.9 Å². The second-order valence-corrected chi connectivity index (χ2v) is 7.29. The van der Waals surface area contributed by atoms with E-state index >= 15 is 0 Å². The highest BCUT2D eigenvalue weighted by Crippen LogP contribution is 2.36. The van der Waals surface area contributed by atoms with Gasteiger partial charge in [0.1, 0.15) is 29.6 Å². The number of nitrogens with one attached hydrogen (secondary N) is 1. The quantitative estimate of drug-likeness (QED) is 0.365. The summed E-state index contributed by atoms with van der Waals surface area (Å²) in [5.41, 5.74) is -1.22. The van der Waals surface area contributed by atoms with Gasteiger partial charge in [0.15, 0.2) is 17.6 Å². The first kappa shape index (κ1) is 22.2. The fourth-order valence-corrected chi connectivity index (χ4v) is 3.47. The van der Waals surface area contributed by atoms with Gasteiger partial charge >= 0.3 is 6.18 Å². The number of aromatic hydroxyl groups is 1. The number of phenols is 1. The van der Waals surface area contributed by atoms with Crippen molar-refractivity contribution in [2.45, 2.75) is 37.1 Å². The van der Waals surface area contributed by atoms with E-state index < -0.39 is 48.5 Å². The van der Waals surface area contributed by atoms with Crippen LogP contribution in [0.1, 0.15) is 17.5 Å². The molecule has 1 aliphatic heterocycles. The summed E-state index contributed by atoms with van der Waals surface area (Å²) in [6, 6.07) is 6.36. The van der Waals surface area contributed by atoms with Crippen LogP contribution < -0.4 is 5.32 Å². The Balaban J connectivity index is 1.65. The molecular formula is C19H20F3N5O5. The molecule has 1 aromatic carbocycles. The lowest BCUT2D eigenvalue weighted by atomic mass is 10.1. The monoisotopic (exact) mass is 455 g/mol. The van der Waals surface area contributed by atoms with Gasteiger partial charge in [-0.3, -0.25) is 4.57 Å². The number of imidazole rings is 1. The van der Waals surface area contributed by atoms with Crippen LogP contribution in [0.5, 0.6) is 5.75 Å². The van der Waals surface area contributed by atoms with Crippen LogP contribution in [0.2, 0.25) is 0 Å². The van der Waals surface area contributed by atoms with E-state index in [2.05, 4.69) is 20.3 Å². The molecule has 172 valence electrons. The highest BCUT2D eigenvalue weighted by molar-refractivity contribution is 5.75. The number of alkyl halides is 3. The first-order valence-corrected chi connectivity index (χ1v) is 9.65. The lowest BCUT2D eigenvalue weighted by Gasteiger charge is -2.17. The minimum atomic E-state index is -4.82. The van der Waals surface area contributed by atoms with Crippen molar-refractivity contribution >= 4 is 17.1 Å². The summed E-state index contributed by atoms with van der Waals surface area (Å²) in [5, 5.41) is 41.5. The first-order chi connectivity index (χ1) is 15.2. The van der Waals surface area contributed by atoms with Crippen LogP contribution in [0.4, 0.5) is 19.1 Å². The highest BCUT2D eigenvalue weighted by atomic mass is 19.4. The second kappa shape index (κ2) is 8.50. The summed E-state index contributed by atoms with van der Waals surface area (Å²) < 4.78 is 47.3. The number of ether oxygens (including phenoxy) is 1. The van der Waals surface area contributed by atoms with Gasteiger partial charge in [0.05, 0.1) is 12.9 Å². The molecule has 10 nitrogen and oxygen atoms in total. The Labute approximate surface area is 178 Å². The topological polar surface area (TPSA) is 146 Å². The maximum atomic E-state index is 13.6. The average molecular weight is 455 g/mol. The molecule has 0 bridgehead atoms. The number of hydrogen-bond donors (Lipinski definition) is 5. The number of hydrogen-bond acceptors (Lipinski definition) is 9. The highest BCUT2D eigenvalue weighted by Gasteiger charge is 2.45. The van der Waals surface area contributed by atoms with Crippen LogP contribution in [0.15, 0.2) is 30.6 Å². The lowest BCUT2D eigenvalue weighted by molar-refractivity contribution is -0.139. The van der Waals surface area contributed by atoms with Crippen LogP contribution in [0.3, 0.4) is 0 Å². The van der Waals surface area contributed by atoms with Gasteiger partial charge in [-0.1, -0.05) is 12.1 Å². The zero-order valence-electron chi connectivity index (χ0n) is 16.4. The SMILES string of the molecule is OC[C@H]1OC(n2cnc3c(C(F)(F)F)nc(NCCc4ccc(O)cc4)nc32)[C@H](O)[C@@H]1O. The van der Waals surface area contributed by atoms with Crippen molar-refractivity contribution < 1.29 is 38.3 Å². The van der Waals surface area contributed by atoms with Crippen LogP contribution in [0.25, 0.3) is 11.2 Å². The Morgan fingerprint density at radius 3 is 2.44 bits per heavy atom. The molecule has 2 aromatic heterocycles. The number of benzene rings is 1. The summed E-state index contributed by atoms with van der Waals surface area (Å²) in [6.07, 6.45) is -8.75. The van der Waals surface area contributed by atoms with Gasteiger partial charge in [0.2, 0.25) is 5.95 Å². The van der Waals surface area contributed by atoms with Gasteiger partial charge in [0.25, 0.3) is 0 Å². The fraction of sp³-hybridized carbons (Fsp3) is 0.421. The summed E-state index contributed by atoms with van der Waals surface area (Å²) in [6.45, 7) is -0.385. The van der Waals surface area contributed by atoms with Crippen molar-refractivity contribution in [2.24, 2.45) is 0 Å². The third-order valence-electron chi connectivity index (χ3n) is 5.11. The van der Waals surface area contributed by atoms with Crippen LogP contribution in [0, 0.1) is 0 Å². The number of phenolic OH excluding ortho intramolecular Hbond substituents is 1. The van der Waals surface area contributed by atoms with Crippen molar-refractivity contribution in [2.75, 3.05) is 18.5 Å². The summed E-state index contributed by atoms with van der Waals surface area (Å²) in [7, 11) is 0. The summed E-state index contributed by atoms with van der Waals surface area (Å²) in [4.78, 5) is 11.4. The van der Waals surface area contributed by atoms with Crippen LogP contribution in [-0.4, -0.2) is 71.4 Å². The molecule has 3 heterocycles. The molecule has 1 fully saturated rings. The number of fused-ring (bicyclic) bond motifs is 1. The Kier molecular flexibility index (Phi) is 5.90. The van der Waals surface area contributed by atoms with Crippen LogP contribution in [-0.2, 0) is 17.3 Å². The molecule has 0 amide bonds. The Morgan fingerprint density at radius 1 is 1.09 bits per heavy atom. The van der Waals surface area contributed by atoms with Crippen molar-refractivity contribution in [1.29, 1.82) is 0 Å². The van der Waals surface area contributed by atoms with Gasteiger partial charge in [-0.15, -0.1) is 0 Å². The number of nitrogens with zero attached hydrogens (tertiary/aromatic N) is 4. The maximum absolute atomic E-state index is 13.6. The second-order valence-electron chi connectivity index (χ2n) is 7.29. The molecule has 13 heteroatoms. The van der Waals surface area contributed by atoms with E-state index in [1.54, 1.807) is 12.1 Å². The maximum Gasteiger partial charge on any atom is 0.435 e. The number of rotatable bonds is 6. The number of aliphatic hydroxyl groups excluding tert-OH is 3. The molecule has 0 spiro atoms. The lowest BCUT2D eigenvalue weighted by Crippen LogP contribution is -2.33. The zero-order chi connectivity index (χ0) is 23.0. The van der Waals surface area contributed by atoms with E-state index in [4.69, 9.17) is 4.74 Å².